The van der Waals surface area contributed by atoms with Crippen LogP contribution in [0.4, 0.5) is 4.39 Å². The van der Waals surface area contributed by atoms with Crippen LogP contribution in [0.15, 0.2) is 71.5 Å². The molecule has 3 aromatic rings. The summed E-state index contributed by atoms with van der Waals surface area (Å²) in [4.78, 5) is 30.3. The number of aliphatic hydroxyl groups is 1. The second kappa shape index (κ2) is 8.86. The van der Waals surface area contributed by atoms with Crippen molar-refractivity contribution < 1.29 is 14.3 Å². The molecule has 1 amide bonds. The average Bonchev–Trinajstić information content (AvgIpc) is 2.81. The smallest absolute Gasteiger partial charge is 0.261 e. The molecule has 6 heteroatoms. The number of benzene rings is 2. The number of nitrogens with zero attached hydrogens (tertiary/aromatic N) is 1. The number of aromatic nitrogens is 1. The summed E-state index contributed by atoms with van der Waals surface area (Å²) in [6.45, 7) is 0.793. The molecule has 1 fully saturated rings. The van der Waals surface area contributed by atoms with Crippen molar-refractivity contribution in [3.05, 3.63) is 94.0 Å². The highest BCUT2D eigenvalue weighted by Crippen LogP contribution is 2.34. The Hall–Kier alpha value is -3.25. The minimum Gasteiger partial charge on any atom is -0.396 e. The predicted octanol–water partition coefficient (Wildman–Crippen LogP) is 3.64. The molecule has 4 rings (SSSR count). The molecule has 5 nitrogen and oxygen atoms in total. The summed E-state index contributed by atoms with van der Waals surface area (Å²) in [6, 6.07) is 19.0. The number of likely N-dealkylation sites (tertiary alicyclic amines) is 1. The molecule has 0 bridgehead atoms. The number of hydrogen-bond acceptors (Lipinski definition) is 3. The molecular weight excluding hydrogens is 395 g/mol. The quantitative estimate of drug-likeness (QED) is 0.662. The highest BCUT2D eigenvalue weighted by molar-refractivity contribution is 5.94. The first-order chi connectivity index (χ1) is 15.0. The van der Waals surface area contributed by atoms with E-state index in [1.165, 1.54) is 12.1 Å². The van der Waals surface area contributed by atoms with Crippen molar-refractivity contribution in [2.24, 2.45) is 5.41 Å². The maximum absolute atomic E-state index is 13.2. The van der Waals surface area contributed by atoms with E-state index in [1.807, 2.05) is 30.3 Å². The van der Waals surface area contributed by atoms with Crippen molar-refractivity contribution in [1.29, 1.82) is 0 Å². The van der Waals surface area contributed by atoms with Gasteiger partial charge in [-0.25, -0.2) is 4.39 Å². The van der Waals surface area contributed by atoms with Crippen LogP contribution in [0.3, 0.4) is 0 Å². The molecule has 1 aliphatic rings. The lowest BCUT2D eigenvalue weighted by molar-refractivity contribution is 0.0270. The third-order valence-electron chi connectivity index (χ3n) is 6.00. The molecular formula is C25H25FN2O3. The fourth-order valence-electron chi connectivity index (χ4n) is 4.34. The molecule has 160 valence electrons. The number of rotatable bonds is 5. The van der Waals surface area contributed by atoms with Gasteiger partial charge in [0.1, 0.15) is 11.4 Å². The van der Waals surface area contributed by atoms with Crippen molar-refractivity contribution in [1.82, 2.24) is 9.88 Å². The van der Waals surface area contributed by atoms with Gasteiger partial charge in [0.25, 0.3) is 11.5 Å². The van der Waals surface area contributed by atoms with E-state index in [9.17, 15) is 19.1 Å². The van der Waals surface area contributed by atoms with Gasteiger partial charge in [-0.3, -0.25) is 9.59 Å². The van der Waals surface area contributed by atoms with Crippen LogP contribution in [-0.2, 0) is 6.42 Å². The Kier molecular flexibility index (Phi) is 6.00. The summed E-state index contributed by atoms with van der Waals surface area (Å²) in [5.74, 6) is -0.641. The van der Waals surface area contributed by atoms with Gasteiger partial charge in [0.05, 0.1) is 6.61 Å². The number of aromatic amines is 1. The third kappa shape index (κ3) is 4.59. The van der Waals surface area contributed by atoms with Crippen LogP contribution in [0, 0.1) is 11.2 Å². The summed E-state index contributed by atoms with van der Waals surface area (Å²) in [6.07, 6.45) is 2.03. The molecule has 2 aromatic carbocycles. The van der Waals surface area contributed by atoms with Gasteiger partial charge >= 0.3 is 0 Å². The Bertz CT molecular complexity index is 1110. The highest BCUT2D eigenvalue weighted by Gasteiger charge is 2.37. The molecule has 0 saturated carbocycles. The van der Waals surface area contributed by atoms with Crippen molar-refractivity contribution in [2.75, 3.05) is 19.7 Å². The van der Waals surface area contributed by atoms with Gasteiger partial charge in [-0.05, 0) is 54.7 Å². The molecule has 2 heterocycles. The molecule has 31 heavy (non-hydrogen) atoms. The zero-order chi connectivity index (χ0) is 21.8. The van der Waals surface area contributed by atoms with Crippen LogP contribution in [-0.4, -0.2) is 40.6 Å². The van der Waals surface area contributed by atoms with Crippen LogP contribution in [0.25, 0.3) is 11.3 Å². The first kappa shape index (κ1) is 21.0. The van der Waals surface area contributed by atoms with E-state index in [1.54, 1.807) is 29.2 Å². The maximum Gasteiger partial charge on any atom is 0.261 e. The lowest BCUT2D eigenvalue weighted by Crippen LogP contribution is -2.49. The minimum absolute atomic E-state index is 0.0859. The SMILES string of the molecule is O=C(c1ccc(-c2ccccc2)[nH]c1=O)N1CCC[C@@](CO)(Cc2ccc(F)cc2)C1. The van der Waals surface area contributed by atoms with E-state index in [-0.39, 0.29) is 23.9 Å². The fourth-order valence-corrected chi connectivity index (χ4v) is 4.34. The molecule has 0 unspecified atom stereocenters. The minimum atomic E-state index is -0.511. The van der Waals surface area contributed by atoms with E-state index in [4.69, 9.17) is 0 Å². The van der Waals surface area contributed by atoms with Gasteiger partial charge in [0.15, 0.2) is 0 Å². The van der Waals surface area contributed by atoms with E-state index in [2.05, 4.69) is 4.98 Å². The van der Waals surface area contributed by atoms with Crippen molar-refractivity contribution in [3.63, 3.8) is 0 Å². The fraction of sp³-hybridized carbons (Fsp3) is 0.280. The van der Waals surface area contributed by atoms with Gasteiger partial charge in [-0.1, -0.05) is 42.5 Å². The molecule has 1 saturated heterocycles. The van der Waals surface area contributed by atoms with Gasteiger partial charge in [-0.15, -0.1) is 0 Å². The Labute approximate surface area is 180 Å². The molecule has 0 spiro atoms. The molecule has 1 aromatic heterocycles. The summed E-state index contributed by atoms with van der Waals surface area (Å²) in [7, 11) is 0. The third-order valence-corrected chi connectivity index (χ3v) is 6.00. The Morgan fingerprint density at radius 3 is 2.48 bits per heavy atom. The first-order valence-electron chi connectivity index (χ1n) is 10.4. The summed E-state index contributed by atoms with van der Waals surface area (Å²) in [5.41, 5.74) is 1.59. The topological polar surface area (TPSA) is 73.4 Å². The van der Waals surface area contributed by atoms with Crippen molar-refractivity contribution >= 4 is 5.91 Å². The zero-order valence-corrected chi connectivity index (χ0v) is 17.2. The lowest BCUT2D eigenvalue weighted by atomic mass is 9.75. The Morgan fingerprint density at radius 2 is 1.81 bits per heavy atom. The molecule has 1 aliphatic heterocycles. The first-order valence-corrected chi connectivity index (χ1v) is 10.4. The second-order valence-corrected chi connectivity index (χ2v) is 8.27. The van der Waals surface area contributed by atoms with Crippen LogP contribution in [0.1, 0.15) is 28.8 Å². The molecule has 2 N–H and O–H groups in total. The van der Waals surface area contributed by atoms with Crippen molar-refractivity contribution in [2.45, 2.75) is 19.3 Å². The normalized spacial score (nSPS) is 18.7. The average molecular weight is 420 g/mol. The largest absolute Gasteiger partial charge is 0.396 e. The van der Waals surface area contributed by atoms with E-state index in [0.29, 0.717) is 25.2 Å². The van der Waals surface area contributed by atoms with Gasteiger partial charge < -0.3 is 15.0 Å². The maximum atomic E-state index is 13.2. The number of pyridine rings is 1. The Morgan fingerprint density at radius 1 is 1.06 bits per heavy atom. The van der Waals surface area contributed by atoms with E-state index >= 15 is 0 Å². The molecule has 0 aliphatic carbocycles. The lowest BCUT2D eigenvalue weighted by Gasteiger charge is -2.42. The number of hydrogen-bond donors (Lipinski definition) is 2. The molecule has 1 atom stereocenters. The number of carbonyl (C=O) groups is 1. The van der Waals surface area contributed by atoms with Gasteiger partial charge in [-0.2, -0.15) is 0 Å². The second-order valence-electron chi connectivity index (χ2n) is 8.27. The van der Waals surface area contributed by atoms with E-state index < -0.39 is 11.0 Å². The zero-order valence-electron chi connectivity index (χ0n) is 17.2. The van der Waals surface area contributed by atoms with Gasteiger partial charge in [0.2, 0.25) is 0 Å². The molecule has 0 radical (unpaired) electrons. The number of piperidine rings is 1. The van der Waals surface area contributed by atoms with Gasteiger partial charge in [0, 0.05) is 24.2 Å². The number of H-pyrrole nitrogens is 1. The highest BCUT2D eigenvalue weighted by atomic mass is 19.1. The van der Waals surface area contributed by atoms with E-state index in [0.717, 1.165) is 24.0 Å². The standard InChI is InChI=1S/C25H25FN2O3/c26-20-9-7-18(8-10-20)15-25(17-29)13-4-14-28(16-25)24(31)21-11-12-22(27-23(21)30)19-5-2-1-3-6-19/h1-3,5-12,29H,4,13-17H2,(H,27,30)/t25-/m1/s1. The van der Waals surface area contributed by atoms with Crippen LogP contribution in [0.2, 0.25) is 0 Å². The summed E-state index contributed by atoms with van der Waals surface area (Å²) in [5, 5.41) is 10.2. The van der Waals surface area contributed by atoms with Crippen LogP contribution in [0.5, 0.6) is 0 Å². The number of halogens is 1. The number of carbonyl (C=O) groups excluding carboxylic acids is 1. The summed E-state index contributed by atoms with van der Waals surface area (Å²) >= 11 is 0. The number of amides is 1. The monoisotopic (exact) mass is 420 g/mol. The predicted molar refractivity (Wildman–Crippen MR) is 117 cm³/mol. The Balaban J connectivity index is 1.54. The van der Waals surface area contributed by atoms with Crippen molar-refractivity contribution in [3.8, 4) is 11.3 Å². The van der Waals surface area contributed by atoms with Crippen LogP contribution < -0.4 is 5.56 Å². The number of nitrogens with one attached hydrogen (secondary N) is 1. The number of aliphatic hydroxyl groups excluding tert-OH is 1. The van der Waals surface area contributed by atoms with Crippen LogP contribution >= 0.6 is 0 Å². The summed E-state index contributed by atoms with van der Waals surface area (Å²) < 4.78 is 13.2.